The first-order valence-corrected chi connectivity index (χ1v) is 11.8. The Labute approximate surface area is 207 Å². The zero-order valence-corrected chi connectivity index (χ0v) is 20.5. The number of carbonyl (C=O) groups is 1. The van der Waals surface area contributed by atoms with E-state index >= 15 is 0 Å². The molecule has 2 aliphatic rings. The van der Waals surface area contributed by atoms with Crippen molar-refractivity contribution in [3.63, 3.8) is 0 Å². The number of ether oxygens (including phenoxy) is 2. The molecule has 1 saturated carbocycles. The highest BCUT2D eigenvalue weighted by molar-refractivity contribution is 6.11. The molecule has 9 heteroatoms. The zero-order chi connectivity index (χ0) is 25.2. The van der Waals surface area contributed by atoms with E-state index in [1.807, 2.05) is 36.4 Å². The molecule has 1 fully saturated rings. The lowest BCUT2D eigenvalue weighted by Crippen LogP contribution is -2.21. The van der Waals surface area contributed by atoms with Gasteiger partial charge in [-0.15, -0.1) is 0 Å². The third-order valence-electron chi connectivity index (χ3n) is 7.26. The summed E-state index contributed by atoms with van der Waals surface area (Å²) in [6.45, 7) is 3.36. The minimum atomic E-state index is -1.12. The summed E-state index contributed by atoms with van der Waals surface area (Å²) in [6.07, 6.45) is 0.693. The van der Waals surface area contributed by atoms with E-state index in [-0.39, 0.29) is 11.8 Å². The van der Waals surface area contributed by atoms with Crippen molar-refractivity contribution in [2.75, 3.05) is 24.9 Å². The van der Waals surface area contributed by atoms with E-state index in [2.05, 4.69) is 25.8 Å². The summed E-state index contributed by atoms with van der Waals surface area (Å²) in [7, 11) is 3.20. The van der Waals surface area contributed by atoms with E-state index < -0.39 is 11.0 Å². The summed E-state index contributed by atoms with van der Waals surface area (Å²) in [5, 5.41) is 25.3. The van der Waals surface area contributed by atoms with Crippen LogP contribution < -0.4 is 20.1 Å². The Morgan fingerprint density at radius 1 is 1.11 bits per heavy atom. The Kier molecular flexibility index (Phi) is 4.78. The first kappa shape index (κ1) is 22.4. The SMILES string of the molecule is COc1ccc2c(c1)[C@]1(C[C@H]1c1cccc3[nH]nc(Nc4nc(C(C)(C)O)ccc4OC)c13)C(=O)N2. The van der Waals surface area contributed by atoms with Gasteiger partial charge < -0.3 is 25.2 Å². The maximum Gasteiger partial charge on any atom is 0.235 e. The van der Waals surface area contributed by atoms with Gasteiger partial charge in [0, 0.05) is 17.0 Å². The van der Waals surface area contributed by atoms with E-state index in [0.717, 1.165) is 33.5 Å². The Morgan fingerprint density at radius 2 is 1.94 bits per heavy atom. The highest BCUT2D eigenvalue weighted by atomic mass is 16.5. The van der Waals surface area contributed by atoms with Crippen LogP contribution in [0.5, 0.6) is 11.5 Å². The van der Waals surface area contributed by atoms with Gasteiger partial charge in [0.25, 0.3) is 0 Å². The molecular weight excluding hydrogens is 458 g/mol. The fraction of sp³-hybridized carbons (Fsp3) is 0.296. The van der Waals surface area contributed by atoms with Gasteiger partial charge in [0.05, 0.1) is 30.8 Å². The van der Waals surface area contributed by atoms with Gasteiger partial charge in [-0.25, -0.2) is 4.98 Å². The number of carbonyl (C=O) groups excluding carboxylic acids is 1. The van der Waals surface area contributed by atoms with Crippen LogP contribution in [0.3, 0.4) is 0 Å². The Morgan fingerprint density at radius 3 is 2.69 bits per heavy atom. The van der Waals surface area contributed by atoms with Gasteiger partial charge >= 0.3 is 0 Å². The van der Waals surface area contributed by atoms with Crippen LogP contribution in [0.4, 0.5) is 17.3 Å². The molecule has 1 amide bonds. The van der Waals surface area contributed by atoms with Crippen LogP contribution in [0, 0.1) is 0 Å². The van der Waals surface area contributed by atoms with Crippen molar-refractivity contribution in [1.82, 2.24) is 15.2 Å². The summed E-state index contributed by atoms with van der Waals surface area (Å²) in [6, 6.07) is 15.2. The van der Waals surface area contributed by atoms with Gasteiger partial charge in [0.2, 0.25) is 5.91 Å². The zero-order valence-electron chi connectivity index (χ0n) is 20.5. The lowest BCUT2D eigenvalue weighted by molar-refractivity contribution is -0.118. The number of hydrogen-bond acceptors (Lipinski definition) is 7. The fourth-order valence-corrected chi connectivity index (χ4v) is 5.31. The number of anilines is 3. The van der Waals surface area contributed by atoms with Gasteiger partial charge in [-0.1, -0.05) is 12.1 Å². The summed E-state index contributed by atoms with van der Waals surface area (Å²) < 4.78 is 10.9. The van der Waals surface area contributed by atoms with Gasteiger partial charge in [-0.05, 0) is 67.8 Å². The third-order valence-corrected chi connectivity index (χ3v) is 7.26. The maximum absolute atomic E-state index is 13.2. The van der Waals surface area contributed by atoms with Crippen LogP contribution in [0.15, 0.2) is 48.5 Å². The summed E-state index contributed by atoms with van der Waals surface area (Å²) >= 11 is 0. The van der Waals surface area contributed by atoms with Crippen LogP contribution >= 0.6 is 0 Å². The van der Waals surface area contributed by atoms with E-state index in [1.54, 1.807) is 40.2 Å². The smallest absolute Gasteiger partial charge is 0.235 e. The number of aliphatic hydroxyl groups is 1. The average Bonchev–Trinajstić information content (AvgIpc) is 3.40. The Hall–Kier alpha value is -4.11. The molecule has 1 aliphatic heterocycles. The molecule has 4 N–H and O–H groups in total. The number of pyridine rings is 1. The second-order valence-corrected chi connectivity index (χ2v) is 9.87. The minimum absolute atomic E-state index is 0.00646. The quantitative estimate of drug-likeness (QED) is 0.321. The van der Waals surface area contributed by atoms with Crippen LogP contribution in [0.1, 0.15) is 43.0 Å². The molecule has 0 bridgehead atoms. The van der Waals surface area contributed by atoms with E-state index in [4.69, 9.17) is 9.47 Å². The molecule has 1 aliphatic carbocycles. The molecular formula is C27H27N5O4. The largest absolute Gasteiger partial charge is 0.497 e. The predicted octanol–water partition coefficient (Wildman–Crippen LogP) is 4.32. The number of amides is 1. The summed E-state index contributed by atoms with van der Waals surface area (Å²) in [5.74, 6) is 2.25. The molecule has 3 heterocycles. The molecule has 1 spiro atoms. The van der Waals surface area contributed by atoms with E-state index in [9.17, 15) is 9.90 Å². The molecule has 0 saturated heterocycles. The van der Waals surface area contributed by atoms with Crippen molar-refractivity contribution in [1.29, 1.82) is 0 Å². The monoisotopic (exact) mass is 485 g/mol. The normalized spacial score (nSPS) is 20.4. The molecule has 9 nitrogen and oxygen atoms in total. The summed E-state index contributed by atoms with van der Waals surface area (Å²) in [5.41, 5.74) is 2.41. The van der Waals surface area contributed by atoms with Crippen LogP contribution in [0.2, 0.25) is 0 Å². The number of hydrogen-bond donors (Lipinski definition) is 4. The molecule has 184 valence electrons. The van der Waals surface area contributed by atoms with Crippen LogP contribution in [0.25, 0.3) is 10.9 Å². The lowest BCUT2D eigenvalue weighted by atomic mass is 9.90. The number of benzene rings is 2. The number of nitrogens with zero attached hydrogens (tertiary/aromatic N) is 2. The van der Waals surface area contributed by atoms with Gasteiger partial charge in [-0.3, -0.25) is 9.89 Å². The first-order valence-electron chi connectivity index (χ1n) is 11.8. The number of H-pyrrole nitrogens is 1. The lowest BCUT2D eigenvalue weighted by Gasteiger charge is -2.19. The molecule has 2 aromatic heterocycles. The Balaban J connectivity index is 1.43. The number of methoxy groups -OCH3 is 2. The highest BCUT2D eigenvalue weighted by Crippen LogP contribution is 2.66. The molecule has 0 radical (unpaired) electrons. The average molecular weight is 486 g/mol. The molecule has 6 rings (SSSR count). The van der Waals surface area contributed by atoms with Crippen molar-refractivity contribution >= 4 is 34.1 Å². The molecule has 36 heavy (non-hydrogen) atoms. The van der Waals surface area contributed by atoms with Crippen molar-refractivity contribution in [2.24, 2.45) is 0 Å². The highest BCUT2D eigenvalue weighted by Gasteiger charge is 2.65. The standard InChI is InChI=1S/C27H27N5O4/c1-26(2,34)21-11-10-20(36-4)23(29-21)30-24-22-15(6-5-7-19(22)31-32-24)17-13-27(17)16-12-14(35-3)8-9-18(16)28-25(27)33/h5-12,17,34H,13H2,1-4H3,(H,28,33)(H2,29,30,31,32)/t17-,27-/m0/s1. The third kappa shape index (κ3) is 3.23. The molecule has 0 unspecified atom stereocenters. The second kappa shape index (κ2) is 7.69. The number of fused-ring (bicyclic) bond motifs is 3. The number of nitrogens with one attached hydrogen (secondary N) is 3. The topological polar surface area (TPSA) is 121 Å². The summed E-state index contributed by atoms with van der Waals surface area (Å²) in [4.78, 5) is 17.8. The fourth-order valence-electron chi connectivity index (χ4n) is 5.31. The first-order chi connectivity index (χ1) is 17.3. The van der Waals surface area contributed by atoms with Gasteiger partial charge in [0.1, 0.15) is 11.4 Å². The van der Waals surface area contributed by atoms with Crippen molar-refractivity contribution in [3.05, 3.63) is 65.4 Å². The second-order valence-electron chi connectivity index (χ2n) is 9.87. The predicted molar refractivity (Wildman–Crippen MR) is 136 cm³/mol. The van der Waals surface area contributed by atoms with Gasteiger partial charge in [0.15, 0.2) is 17.4 Å². The number of rotatable bonds is 6. The van der Waals surface area contributed by atoms with E-state index in [1.165, 1.54) is 0 Å². The minimum Gasteiger partial charge on any atom is -0.497 e. The maximum atomic E-state index is 13.2. The van der Waals surface area contributed by atoms with E-state index in [0.29, 0.717) is 29.5 Å². The molecule has 2 atom stereocenters. The molecule has 2 aromatic carbocycles. The number of aromatic amines is 1. The molecule has 4 aromatic rings. The van der Waals surface area contributed by atoms with Crippen molar-refractivity contribution < 1.29 is 19.4 Å². The van der Waals surface area contributed by atoms with Crippen LogP contribution in [-0.2, 0) is 15.8 Å². The van der Waals surface area contributed by atoms with Crippen LogP contribution in [-0.4, -0.2) is 40.4 Å². The van der Waals surface area contributed by atoms with Crippen molar-refractivity contribution in [2.45, 2.75) is 37.2 Å². The van der Waals surface area contributed by atoms with Crippen molar-refractivity contribution in [3.8, 4) is 11.5 Å². The number of aromatic nitrogens is 3. The van der Waals surface area contributed by atoms with Gasteiger partial charge in [-0.2, -0.15) is 5.10 Å². The Bertz CT molecular complexity index is 1520.